The van der Waals surface area contributed by atoms with E-state index in [2.05, 4.69) is 14.6 Å². The first-order valence-electron chi connectivity index (χ1n) is 9.95. The molecule has 1 amide bonds. The molecule has 180 valence electrons. The minimum Gasteiger partial charge on any atom is -0.496 e. The summed E-state index contributed by atoms with van der Waals surface area (Å²) in [7, 11) is -1.62. The highest BCUT2D eigenvalue weighted by Gasteiger charge is 2.33. The van der Waals surface area contributed by atoms with Gasteiger partial charge >= 0.3 is 6.36 Å². The lowest BCUT2D eigenvalue weighted by atomic mass is 10.1. The van der Waals surface area contributed by atoms with Gasteiger partial charge in [0.05, 0.1) is 12.8 Å². The van der Waals surface area contributed by atoms with Gasteiger partial charge in [-0.25, -0.2) is 8.42 Å². The molecule has 2 aromatic rings. The van der Waals surface area contributed by atoms with Crippen molar-refractivity contribution < 1.29 is 35.9 Å². The summed E-state index contributed by atoms with van der Waals surface area (Å²) in [6.45, 7) is 2.71. The summed E-state index contributed by atoms with van der Waals surface area (Å²) in [5.74, 6) is -0.500. The van der Waals surface area contributed by atoms with Crippen LogP contribution in [0, 0.1) is 0 Å². The fourth-order valence-electron chi connectivity index (χ4n) is 3.49. The highest BCUT2D eigenvalue weighted by molar-refractivity contribution is 7.73. The number of carbonyl (C=O) groups excluding carboxylic acids is 1. The predicted molar refractivity (Wildman–Crippen MR) is 114 cm³/mol. The summed E-state index contributed by atoms with van der Waals surface area (Å²) < 4.78 is 71.0. The number of benzene rings is 1. The normalized spacial score (nSPS) is 14.9. The largest absolute Gasteiger partial charge is 0.573 e. The number of rotatable bonds is 8. The van der Waals surface area contributed by atoms with Crippen LogP contribution in [-0.2, 0) is 17.3 Å². The van der Waals surface area contributed by atoms with Crippen molar-refractivity contribution >= 4 is 22.5 Å². The van der Waals surface area contributed by atoms with Gasteiger partial charge in [-0.2, -0.15) is 0 Å². The molecule has 0 radical (unpaired) electrons. The Balaban J connectivity index is 1.62. The Kier molecular flexibility index (Phi) is 7.97. The van der Waals surface area contributed by atoms with E-state index in [9.17, 15) is 26.4 Å². The summed E-state index contributed by atoms with van der Waals surface area (Å²) >= 11 is 0. The highest BCUT2D eigenvalue weighted by atomic mass is 32.2. The molecule has 0 unspecified atom stereocenters. The first kappa shape index (κ1) is 24.6. The number of nitrogens with one attached hydrogen (secondary N) is 1. The second-order valence-corrected chi connectivity index (χ2v) is 7.94. The van der Waals surface area contributed by atoms with Gasteiger partial charge < -0.3 is 14.4 Å². The van der Waals surface area contributed by atoms with Gasteiger partial charge in [0.15, 0.2) is 5.75 Å². The number of carbonyl (C=O) groups is 1. The minimum atomic E-state index is -5.05. The van der Waals surface area contributed by atoms with E-state index in [-0.39, 0.29) is 5.56 Å². The number of anilines is 1. The van der Waals surface area contributed by atoms with Crippen LogP contribution in [0.15, 0.2) is 36.7 Å². The zero-order chi connectivity index (χ0) is 24.0. The Morgan fingerprint density at radius 2 is 1.88 bits per heavy atom. The van der Waals surface area contributed by atoms with E-state index in [1.165, 1.54) is 11.0 Å². The van der Waals surface area contributed by atoms with Crippen LogP contribution in [0.3, 0.4) is 0 Å². The van der Waals surface area contributed by atoms with Crippen LogP contribution in [0.25, 0.3) is 0 Å². The monoisotopic (exact) mass is 488 g/mol. The van der Waals surface area contributed by atoms with Crippen molar-refractivity contribution in [2.75, 3.05) is 44.6 Å². The number of ether oxygens (including phenoxy) is 2. The van der Waals surface area contributed by atoms with Gasteiger partial charge in [0.25, 0.3) is 5.91 Å². The predicted octanol–water partition coefficient (Wildman–Crippen LogP) is 1.93. The molecule has 1 aromatic heterocycles. The van der Waals surface area contributed by atoms with E-state index in [1.54, 1.807) is 25.6 Å². The lowest BCUT2D eigenvalue weighted by molar-refractivity contribution is -0.274. The van der Waals surface area contributed by atoms with Crippen molar-refractivity contribution in [1.82, 2.24) is 14.8 Å². The van der Waals surface area contributed by atoms with Crippen molar-refractivity contribution in [3.05, 3.63) is 47.8 Å². The average molecular weight is 488 g/mol. The standard InChI is InChI=1S/C20H23F3N4O5S/c1-31-17-4-6-24-13-15(17)5-7-26-8-10-27(11-9-26)19(28)14-2-3-16(25-33(29)30)18(12-14)32-20(21,22)23/h2-4,6,12-13,33H,5,7-11H2,1H3,(H,25,29,30). The fraction of sp³-hybridized carbons (Fsp3) is 0.400. The van der Waals surface area contributed by atoms with Crippen molar-refractivity contribution in [1.29, 1.82) is 0 Å². The Labute approximate surface area is 190 Å². The third kappa shape index (κ3) is 6.96. The van der Waals surface area contributed by atoms with Crippen LogP contribution in [-0.4, -0.2) is 75.3 Å². The van der Waals surface area contributed by atoms with Gasteiger partial charge in [0.2, 0.25) is 10.9 Å². The van der Waals surface area contributed by atoms with E-state index in [0.717, 1.165) is 36.4 Å². The maximum atomic E-state index is 12.8. The van der Waals surface area contributed by atoms with Crippen LogP contribution < -0.4 is 14.2 Å². The number of amides is 1. The van der Waals surface area contributed by atoms with Gasteiger partial charge in [0, 0.05) is 56.2 Å². The third-order valence-electron chi connectivity index (χ3n) is 5.10. The van der Waals surface area contributed by atoms with E-state index in [0.29, 0.717) is 26.2 Å². The molecule has 1 aromatic carbocycles. The number of aromatic nitrogens is 1. The Hall–Kier alpha value is -3.06. The van der Waals surface area contributed by atoms with Gasteiger partial charge in [-0.05, 0) is 30.7 Å². The number of hydrogen-bond donors (Lipinski definition) is 2. The lowest BCUT2D eigenvalue weighted by Crippen LogP contribution is -2.49. The van der Waals surface area contributed by atoms with E-state index >= 15 is 0 Å². The van der Waals surface area contributed by atoms with Crippen LogP contribution in [0.2, 0.25) is 0 Å². The van der Waals surface area contributed by atoms with Crippen LogP contribution >= 0.6 is 0 Å². The molecule has 0 bridgehead atoms. The second-order valence-electron chi connectivity index (χ2n) is 7.20. The molecule has 2 heterocycles. The van der Waals surface area contributed by atoms with Crippen LogP contribution in [0.1, 0.15) is 15.9 Å². The summed E-state index contributed by atoms with van der Waals surface area (Å²) in [6.07, 6.45) is -0.920. The molecule has 1 N–H and O–H groups in total. The van der Waals surface area contributed by atoms with E-state index in [1.807, 2.05) is 4.72 Å². The summed E-state index contributed by atoms with van der Waals surface area (Å²) in [6, 6.07) is 5.00. The zero-order valence-corrected chi connectivity index (χ0v) is 18.6. The molecule has 0 saturated carbocycles. The van der Waals surface area contributed by atoms with E-state index < -0.39 is 34.6 Å². The molecule has 13 heteroatoms. The van der Waals surface area contributed by atoms with Crippen molar-refractivity contribution in [3.8, 4) is 11.5 Å². The highest BCUT2D eigenvalue weighted by Crippen LogP contribution is 2.32. The molecule has 0 aliphatic carbocycles. The number of methoxy groups -OCH3 is 1. The molecule has 0 atom stereocenters. The second kappa shape index (κ2) is 10.7. The number of hydrogen-bond acceptors (Lipinski definition) is 7. The zero-order valence-electron chi connectivity index (χ0n) is 17.7. The third-order valence-corrected chi connectivity index (χ3v) is 5.53. The average Bonchev–Trinajstić information content (AvgIpc) is 2.77. The molecular weight excluding hydrogens is 465 g/mol. The van der Waals surface area contributed by atoms with Crippen molar-refractivity contribution in [2.45, 2.75) is 12.8 Å². The Morgan fingerprint density at radius 3 is 2.52 bits per heavy atom. The Bertz CT molecular complexity index is 1050. The van der Waals surface area contributed by atoms with Crippen LogP contribution in [0.5, 0.6) is 11.5 Å². The molecule has 33 heavy (non-hydrogen) atoms. The number of pyridine rings is 1. The molecular formula is C20H23F3N4O5S. The summed E-state index contributed by atoms with van der Waals surface area (Å²) in [5, 5.41) is 0. The summed E-state index contributed by atoms with van der Waals surface area (Å²) in [4.78, 5) is 20.6. The van der Waals surface area contributed by atoms with Crippen molar-refractivity contribution in [3.63, 3.8) is 0 Å². The number of alkyl halides is 3. The topological polar surface area (TPSA) is 101 Å². The maximum absolute atomic E-state index is 12.8. The smallest absolute Gasteiger partial charge is 0.496 e. The van der Waals surface area contributed by atoms with Gasteiger partial charge in [-0.3, -0.25) is 19.4 Å². The summed E-state index contributed by atoms with van der Waals surface area (Å²) in [5.41, 5.74) is 0.536. The maximum Gasteiger partial charge on any atom is 0.573 e. The molecule has 1 aliphatic rings. The van der Waals surface area contributed by atoms with Gasteiger partial charge in [0.1, 0.15) is 5.75 Å². The Morgan fingerprint density at radius 1 is 1.15 bits per heavy atom. The SMILES string of the molecule is COc1ccncc1CCN1CCN(C(=O)c2ccc(N[SH](=O)=O)c(OC(F)(F)F)c2)CC1. The first-order valence-corrected chi connectivity index (χ1v) is 11.1. The lowest BCUT2D eigenvalue weighted by Gasteiger charge is -2.35. The molecule has 9 nitrogen and oxygen atoms in total. The molecule has 3 rings (SSSR count). The van der Waals surface area contributed by atoms with Crippen molar-refractivity contribution in [2.24, 2.45) is 0 Å². The molecule has 1 saturated heterocycles. The number of thiol groups is 1. The number of piperazine rings is 1. The molecule has 0 spiro atoms. The fourth-order valence-corrected chi connectivity index (χ4v) is 3.87. The first-order chi connectivity index (χ1) is 15.7. The van der Waals surface area contributed by atoms with Crippen LogP contribution in [0.4, 0.5) is 18.9 Å². The number of nitrogens with zero attached hydrogens (tertiary/aromatic N) is 3. The number of halogens is 3. The minimum absolute atomic E-state index is 0.0329. The van der Waals surface area contributed by atoms with Gasteiger partial charge in [-0.15, -0.1) is 13.2 Å². The quantitative estimate of drug-likeness (QED) is 0.548. The molecule has 1 aliphatic heterocycles. The molecule has 1 fully saturated rings. The van der Waals surface area contributed by atoms with E-state index in [4.69, 9.17) is 4.74 Å². The van der Waals surface area contributed by atoms with Gasteiger partial charge in [-0.1, -0.05) is 0 Å².